The monoisotopic (exact) mass is 220 g/mol. The Balaban J connectivity index is 2.71. The van der Waals surface area contributed by atoms with Crippen LogP contribution in [-0.4, -0.2) is 23.8 Å². The number of rotatable bonds is 4. The number of esters is 1. The van der Waals surface area contributed by atoms with E-state index in [2.05, 4.69) is 0 Å². The predicted octanol–water partition coefficient (Wildman–Crippen LogP) is 2.26. The van der Waals surface area contributed by atoms with Crippen molar-refractivity contribution >= 4 is 12.0 Å². The Morgan fingerprint density at radius 2 is 2.06 bits per heavy atom. The molecule has 0 amide bonds. The Labute approximate surface area is 95.4 Å². The Hall–Kier alpha value is -1.61. The van der Waals surface area contributed by atoms with E-state index in [1.54, 1.807) is 38.1 Å². The molecule has 0 spiro atoms. The number of carbonyl (C=O) groups is 1. The van der Waals surface area contributed by atoms with Gasteiger partial charge in [-0.1, -0.05) is 24.3 Å². The first-order valence-corrected chi connectivity index (χ1v) is 5.27. The van der Waals surface area contributed by atoms with E-state index in [0.29, 0.717) is 12.2 Å². The van der Waals surface area contributed by atoms with Crippen LogP contribution < -0.4 is 0 Å². The Bertz CT molecular complexity index is 363. The Morgan fingerprint density at radius 3 is 2.56 bits per heavy atom. The van der Waals surface area contributed by atoms with Crippen molar-refractivity contribution in [2.24, 2.45) is 0 Å². The first-order valence-electron chi connectivity index (χ1n) is 5.27. The zero-order chi connectivity index (χ0) is 12.0. The van der Waals surface area contributed by atoms with E-state index in [1.807, 2.05) is 12.1 Å². The molecule has 1 atom stereocenters. The highest BCUT2D eigenvalue weighted by molar-refractivity contribution is 5.89. The van der Waals surface area contributed by atoms with Crippen molar-refractivity contribution in [1.29, 1.82) is 0 Å². The SMILES string of the molecule is CCOC(=O)c1ccc(/C=C/[C@H](C)O)cc1. The summed E-state index contributed by atoms with van der Waals surface area (Å²) in [4.78, 5) is 11.3. The fraction of sp³-hybridized carbons (Fsp3) is 0.308. The highest BCUT2D eigenvalue weighted by atomic mass is 16.5. The summed E-state index contributed by atoms with van der Waals surface area (Å²) in [5.41, 5.74) is 1.48. The molecule has 1 aromatic carbocycles. The van der Waals surface area contributed by atoms with Crippen molar-refractivity contribution in [1.82, 2.24) is 0 Å². The molecule has 16 heavy (non-hydrogen) atoms. The maximum atomic E-state index is 11.3. The molecule has 0 aliphatic rings. The molecule has 0 heterocycles. The quantitative estimate of drug-likeness (QED) is 0.792. The van der Waals surface area contributed by atoms with Crippen molar-refractivity contribution in [3.8, 4) is 0 Å². The summed E-state index contributed by atoms with van der Waals surface area (Å²) < 4.78 is 4.87. The summed E-state index contributed by atoms with van der Waals surface area (Å²) >= 11 is 0. The Kier molecular flexibility index (Phi) is 4.73. The molecule has 0 aromatic heterocycles. The van der Waals surface area contributed by atoms with Crippen molar-refractivity contribution in [2.45, 2.75) is 20.0 Å². The third-order valence-corrected chi connectivity index (χ3v) is 1.99. The lowest BCUT2D eigenvalue weighted by Gasteiger charge is -2.01. The van der Waals surface area contributed by atoms with Crippen LogP contribution in [0.25, 0.3) is 6.08 Å². The van der Waals surface area contributed by atoms with Crippen molar-refractivity contribution in [3.63, 3.8) is 0 Å². The molecule has 0 radical (unpaired) electrons. The lowest BCUT2D eigenvalue weighted by atomic mass is 10.1. The summed E-state index contributed by atoms with van der Waals surface area (Å²) in [6.45, 7) is 3.84. The zero-order valence-corrected chi connectivity index (χ0v) is 9.51. The molecule has 0 unspecified atom stereocenters. The van der Waals surface area contributed by atoms with Crippen LogP contribution in [0.1, 0.15) is 29.8 Å². The summed E-state index contributed by atoms with van der Waals surface area (Å²) in [6.07, 6.45) is 3.02. The van der Waals surface area contributed by atoms with Gasteiger partial charge in [-0.15, -0.1) is 0 Å². The number of hydrogen-bond acceptors (Lipinski definition) is 3. The van der Waals surface area contributed by atoms with Gasteiger partial charge in [0, 0.05) is 0 Å². The third-order valence-electron chi connectivity index (χ3n) is 1.99. The fourth-order valence-electron chi connectivity index (χ4n) is 1.20. The van der Waals surface area contributed by atoms with Gasteiger partial charge >= 0.3 is 5.97 Å². The zero-order valence-electron chi connectivity index (χ0n) is 9.51. The van der Waals surface area contributed by atoms with Gasteiger partial charge in [0.2, 0.25) is 0 Å². The van der Waals surface area contributed by atoms with Crippen LogP contribution in [-0.2, 0) is 4.74 Å². The third kappa shape index (κ3) is 3.87. The molecule has 86 valence electrons. The van der Waals surface area contributed by atoms with Gasteiger partial charge in [0.25, 0.3) is 0 Å². The smallest absolute Gasteiger partial charge is 0.338 e. The topological polar surface area (TPSA) is 46.5 Å². The van der Waals surface area contributed by atoms with E-state index in [-0.39, 0.29) is 5.97 Å². The average molecular weight is 220 g/mol. The van der Waals surface area contributed by atoms with E-state index >= 15 is 0 Å². The molecule has 0 aliphatic carbocycles. The number of hydrogen-bond donors (Lipinski definition) is 1. The maximum absolute atomic E-state index is 11.3. The van der Waals surface area contributed by atoms with Crippen LogP contribution >= 0.6 is 0 Å². The van der Waals surface area contributed by atoms with E-state index in [4.69, 9.17) is 9.84 Å². The van der Waals surface area contributed by atoms with Crippen LogP contribution in [0.3, 0.4) is 0 Å². The number of aliphatic hydroxyl groups excluding tert-OH is 1. The molecule has 0 aliphatic heterocycles. The molecule has 0 saturated carbocycles. The van der Waals surface area contributed by atoms with Gasteiger partial charge in [-0.2, -0.15) is 0 Å². The minimum atomic E-state index is -0.468. The van der Waals surface area contributed by atoms with Crippen LogP contribution in [0.15, 0.2) is 30.3 Å². The van der Waals surface area contributed by atoms with Gasteiger partial charge in [-0.05, 0) is 31.5 Å². The second-order valence-corrected chi connectivity index (χ2v) is 3.44. The number of carbonyl (C=O) groups excluding carboxylic acids is 1. The average Bonchev–Trinajstić information content (AvgIpc) is 2.27. The van der Waals surface area contributed by atoms with Gasteiger partial charge in [-0.3, -0.25) is 0 Å². The highest BCUT2D eigenvalue weighted by Gasteiger charge is 2.04. The van der Waals surface area contributed by atoms with E-state index < -0.39 is 6.10 Å². The summed E-state index contributed by atoms with van der Waals surface area (Å²) in [5.74, 6) is -0.312. The lowest BCUT2D eigenvalue weighted by Crippen LogP contribution is -2.04. The number of ether oxygens (including phenoxy) is 1. The van der Waals surface area contributed by atoms with Crippen LogP contribution in [0, 0.1) is 0 Å². The van der Waals surface area contributed by atoms with Gasteiger partial charge < -0.3 is 9.84 Å². The van der Waals surface area contributed by atoms with E-state index in [0.717, 1.165) is 5.56 Å². The molecule has 3 heteroatoms. The molecule has 1 aromatic rings. The molecular formula is C13H16O3. The van der Waals surface area contributed by atoms with Gasteiger partial charge in [-0.25, -0.2) is 4.79 Å². The molecule has 0 saturated heterocycles. The highest BCUT2D eigenvalue weighted by Crippen LogP contribution is 2.08. The van der Waals surface area contributed by atoms with E-state index in [1.165, 1.54) is 0 Å². The molecule has 1 rings (SSSR count). The molecule has 1 N–H and O–H groups in total. The normalized spacial score (nSPS) is 12.7. The first-order chi connectivity index (χ1) is 7.63. The maximum Gasteiger partial charge on any atom is 0.338 e. The van der Waals surface area contributed by atoms with Crippen molar-refractivity contribution < 1.29 is 14.6 Å². The molecule has 3 nitrogen and oxygen atoms in total. The minimum absolute atomic E-state index is 0.312. The molecule has 0 fully saturated rings. The summed E-state index contributed by atoms with van der Waals surface area (Å²) in [6, 6.07) is 7.04. The second kappa shape index (κ2) is 6.08. The number of benzene rings is 1. The minimum Gasteiger partial charge on any atom is -0.462 e. The standard InChI is InChI=1S/C13H16O3/c1-3-16-13(15)12-8-6-11(7-9-12)5-4-10(2)14/h4-10,14H,3H2,1-2H3/b5-4+/t10-/m0/s1. The second-order valence-electron chi connectivity index (χ2n) is 3.44. The van der Waals surface area contributed by atoms with Crippen molar-refractivity contribution in [2.75, 3.05) is 6.61 Å². The van der Waals surface area contributed by atoms with Crippen LogP contribution in [0.4, 0.5) is 0 Å². The largest absolute Gasteiger partial charge is 0.462 e. The Morgan fingerprint density at radius 1 is 1.44 bits per heavy atom. The van der Waals surface area contributed by atoms with E-state index in [9.17, 15) is 4.79 Å². The van der Waals surface area contributed by atoms with Crippen molar-refractivity contribution in [3.05, 3.63) is 41.5 Å². The van der Waals surface area contributed by atoms with Gasteiger partial charge in [0.15, 0.2) is 0 Å². The van der Waals surface area contributed by atoms with Crippen LogP contribution in [0.5, 0.6) is 0 Å². The summed E-state index contributed by atoms with van der Waals surface area (Å²) in [5, 5.41) is 9.07. The predicted molar refractivity (Wildman–Crippen MR) is 63.1 cm³/mol. The molecule has 0 bridgehead atoms. The molecular weight excluding hydrogens is 204 g/mol. The van der Waals surface area contributed by atoms with Gasteiger partial charge in [0.1, 0.15) is 0 Å². The first kappa shape index (κ1) is 12.5. The van der Waals surface area contributed by atoms with Crippen LogP contribution in [0.2, 0.25) is 0 Å². The number of aliphatic hydroxyl groups is 1. The fourth-order valence-corrected chi connectivity index (χ4v) is 1.20. The lowest BCUT2D eigenvalue weighted by molar-refractivity contribution is 0.0526. The van der Waals surface area contributed by atoms with Gasteiger partial charge in [0.05, 0.1) is 18.3 Å². The summed E-state index contributed by atoms with van der Waals surface area (Å²) in [7, 11) is 0.